The molecule has 0 radical (unpaired) electrons. The molecule has 35 heavy (non-hydrogen) atoms. The van der Waals surface area contributed by atoms with Gasteiger partial charge in [-0.05, 0) is 32.8 Å². The van der Waals surface area contributed by atoms with Crippen molar-refractivity contribution in [2.45, 2.75) is 49.2 Å². The molecular weight excluding hydrogens is 504 g/mol. The standard InChI is InChI=1S/C20H23F2N7O4S2/c1-19(3-4-19)27-35(31,32)11-7-12(28-5-6-33-20(2,10-28)18(23)30)13-8-24-15(29(13)9-11)17-26-25-16(34-17)14(21)22/h7-9,14,27H,3-6,10H2,1-2H3,(H2,23,30)/t20-/m1/s1. The number of carbonyl (C=O) groups excluding carboxylic acids is 1. The Hall–Kier alpha value is -2.75. The van der Waals surface area contributed by atoms with Gasteiger partial charge in [-0.3, -0.25) is 9.20 Å². The number of nitrogens with two attached hydrogens (primary N) is 1. The highest BCUT2D eigenvalue weighted by molar-refractivity contribution is 7.89. The number of pyridine rings is 1. The van der Waals surface area contributed by atoms with Gasteiger partial charge < -0.3 is 15.4 Å². The number of halogens is 2. The van der Waals surface area contributed by atoms with Crippen molar-refractivity contribution in [1.82, 2.24) is 24.3 Å². The number of anilines is 1. The van der Waals surface area contributed by atoms with Crippen LogP contribution in [0.3, 0.4) is 0 Å². The zero-order valence-corrected chi connectivity index (χ0v) is 20.5. The van der Waals surface area contributed by atoms with E-state index in [2.05, 4.69) is 19.9 Å². The Morgan fingerprint density at radius 2 is 2.06 bits per heavy atom. The first-order valence-electron chi connectivity index (χ1n) is 10.8. The first kappa shape index (κ1) is 24.0. The average Bonchev–Trinajstić information content (AvgIpc) is 3.18. The summed E-state index contributed by atoms with van der Waals surface area (Å²) in [6.45, 7) is 4.03. The van der Waals surface area contributed by atoms with E-state index < -0.39 is 38.5 Å². The minimum atomic E-state index is -3.94. The highest BCUT2D eigenvalue weighted by atomic mass is 32.2. The Kier molecular flexibility index (Phi) is 5.58. The SMILES string of the molecule is CC1(NS(=O)(=O)c2cc(N3CCO[C@@](C)(C(N)=O)C3)c3cnc(-c4nnc(C(F)F)s4)n3c2)CC1. The lowest BCUT2D eigenvalue weighted by Gasteiger charge is -2.39. The Labute approximate surface area is 203 Å². The second-order valence-corrected chi connectivity index (χ2v) is 11.9. The molecule has 1 atom stereocenters. The third kappa shape index (κ3) is 4.37. The van der Waals surface area contributed by atoms with Gasteiger partial charge >= 0.3 is 0 Å². The van der Waals surface area contributed by atoms with Gasteiger partial charge in [-0.1, -0.05) is 11.3 Å². The number of amides is 1. The summed E-state index contributed by atoms with van der Waals surface area (Å²) in [5.74, 6) is -0.473. The van der Waals surface area contributed by atoms with Crippen molar-refractivity contribution in [3.63, 3.8) is 0 Å². The minimum absolute atomic E-state index is 0.0433. The number of alkyl halides is 2. The smallest absolute Gasteiger partial charge is 0.291 e. The Balaban J connectivity index is 1.66. The number of morpholine rings is 1. The van der Waals surface area contributed by atoms with Gasteiger partial charge in [0.25, 0.3) is 12.3 Å². The van der Waals surface area contributed by atoms with Gasteiger partial charge in [-0.2, -0.15) is 0 Å². The summed E-state index contributed by atoms with van der Waals surface area (Å²) < 4.78 is 62.6. The number of aromatic nitrogens is 4. The highest BCUT2D eigenvalue weighted by Crippen LogP contribution is 2.38. The number of imidazole rings is 1. The quantitative estimate of drug-likeness (QED) is 0.472. The summed E-state index contributed by atoms with van der Waals surface area (Å²) in [5, 5.41) is 6.99. The van der Waals surface area contributed by atoms with E-state index in [4.69, 9.17) is 10.5 Å². The monoisotopic (exact) mass is 527 g/mol. The van der Waals surface area contributed by atoms with Crippen molar-refractivity contribution >= 4 is 38.5 Å². The van der Waals surface area contributed by atoms with E-state index in [9.17, 15) is 22.0 Å². The normalized spacial score (nSPS) is 22.1. The topological polar surface area (TPSA) is 145 Å². The Morgan fingerprint density at radius 1 is 1.31 bits per heavy atom. The molecule has 3 N–H and O–H groups in total. The molecule has 1 saturated carbocycles. The number of fused-ring (bicyclic) bond motifs is 1. The van der Waals surface area contributed by atoms with Gasteiger partial charge in [0.2, 0.25) is 10.0 Å². The molecule has 15 heteroatoms. The lowest BCUT2D eigenvalue weighted by Crippen LogP contribution is -2.57. The molecule has 11 nitrogen and oxygen atoms in total. The fraction of sp³-hybridized carbons (Fsp3) is 0.500. The second-order valence-electron chi connectivity index (χ2n) is 9.18. The van der Waals surface area contributed by atoms with Gasteiger partial charge in [0.05, 0.1) is 30.6 Å². The van der Waals surface area contributed by atoms with Crippen molar-refractivity contribution in [3.8, 4) is 10.8 Å². The molecule has 2 fully saturated rings. The second kappa shape index (κ2) is 8.15. The molecule has 3 aromatic rings. The first-order valence-corrected chi connectivity index (χ1v) is 13.1. The summed E-state index contributed by atoms with van der Waals surface area (Å²) in [6.07, 6.45) is 1.53. The number of ether oxygens (including phenoxy) is 1. The average molecular weight is 528 g/mol. The Bertz CT molecular complexity index is 1420. The highest BCUT2D eigenvalue weighted by Gasteiger charge is 2.42. The van der Waals surface area contributed by atoms with Crippen LogP contribution in [0.1, 0.15) is 38.1 Å². The van der Waals surface area contributed by atoms with Crippen LogP contribution >= 0.6 is 11.3 Å². The van der Waals surface area contributed by atoms with Crippen LogP contribution in [0.5, 0.6) is 0 Å². The van der Waals surface area contributed by atoms with E-state index >= 15 is 0 Å². The van der Waals surface area contributed by atoms with Crippen molar-refractivity contribution in [2.24, 2.45) is 5.73 Å². The van der Waals surface area contributed by atoms with Crippen LogP contribution in [-0.4, -0.2) is 64.7 Å². The molecule has 0 spiro atoms. The predicted octanol–water partition coefficient (Wildman–Crippen LogP) is 1.70. The third-order valence-electron chi connectivity index (χ3n) is 6.24. The van der Waals surface area contributed by atoms with Gasteiger partial charge in [0.15, 0.2) is 21.4 Å². The molecule has 4 heterocycles. The molecular formula is C20H23F2N7O4S2. The van der Waals surface area contributed by atoms with Crippen LogP contribution in [0.2, 0.25) is 0 Å². The number of nitrogens with zero attached hydrogens (tertiary/aromatic N) is 5. The number of nitrogens with one attached hydrogen (secondary N) is 1. The summed E-state index contributed by atoms with van der Waals surface area (Å²) in [7, 11) is -3.94. The molecule has 0 unspecified atom stereocenters. The first-order chi connectivity index (χ1) is 16.4. The van der Waals surface area contributed by atoms with Gasteiger partial charge in [0.1, 0.15) is 4.90 Å². The minimum Gasteiger partial charge on any atom is -0.367 e. The lowest BCUT2D eigenvalue weighted by atomic mass is 10.0. The van der Waals surface area contributed by atoms with Crippen LogP contribution in [0.4, 0.5) is 14.5 Å². The van der Waals surface area contributed by atoms with Crippen molar-refractivity contribution in [3.05, 3.63) is 23.5 Å². The molecule has 0 bridgehead atoms. The van der Waals surface area contributed by atoms with Crippen LogP contribution in [0.25, 0.3) is 16.3 Å². The van der Waals surface area contributed by atoms with Crippen molar-refractivity contribution < 1.29 is 26.7 Å². The van der Waals surface area contributed by atoms with E-state index in [1.807, 2.05) is 6.92 Å². The number of hydrogen-bond donors (Lipinski definition) is 2. The van der Waals surface area contributed by atoms with Crippen LogP contribution in [-0.2, 0) is 19.6 Å². The van der Waals surface area contributed by atoms with E-state index in [1.54, 1.807) is 11.8 Å². The largest absolute Gasteiger partial charge is 0.367 e. The van der Waals surface area contributed by atoms with E-state index in [0.717, 1.165) is 12.8 Å². The maximum absolute atomic E-state index is 13.3. The van der Waals surface area contributed by atoms with Crippen molar-refractivity contribution in [1.29, 1.82) is 0 Å². The molecule has 1 aliphatic carbocycles. The summed E-state index contributed by atoms with van der Waals surface area (Å²) in [6, 6.07) is 1.51. The molecule has 1 aliphatic heterocycles. The summed E-state index contributed by atoms with van der Waals surface area (Å²) in [5.41, 5.74) is 4.73. The molecule has 0 aromatic carbocycles. The molecule has 188 valence electrons. The number of hydrogen-bond acceptors (Lipinski definition) is 9. The zero-order chi connectivity index (χ0) is 25.2. The molecule has 1 amide bonds. The Morgan fingerprint density at radius 3 is 2.69 bits per heavy atom. The fourth-order valence-corrected chi connectivity index (χ4v) is 6.10. The van der Waals surface area contributed by atoms with E-state index in [1.165, 1.54) is 22.9 Å². The van der Waals surface area contributed by atoms with Crippen LogP contribution in [0, 0.1) is 0 Å². The third-order valence-corrected chi connectivity index (χ3v) is 8.77. The molecule has 2 aliphatic rings. The number of rotatable bonds is 7. The summed E-state index contributed by atoms with van der Waals surface area (Å²) in [4.78, 5) is 18.1. The van der Waals surface area contributed by atoms with Crippen molar-refractivity contribution in [2.75, 3.05) is 24.6 Å². The maximum atomic E-state index is 13.3. The van der Waals surface area contributed by atoms with Gasteiger partial charge in [-0.25, -0.2) is 26.9 Å². The van der Waals surface area contributed by atoms with E-state index in [0.29, 0.717) is 29.1 Å². The molecule has 3 aromatic heterocycles. The number of carbonyl (C=O) groups is 1. The van der Waals surface area contributed by atoms with Crippen LogP contribution in [0.15, 0.2) is 23.4 Å². The van der Waals surface area contributed by atoms with Gasteiger partial charge in [-0.15, -0.1) is 10.2 Å². The molecule has 1 saturated heterocycles. The number of sulfonamides is 1. The fourth-order valence-electron chi connectivity index (χ4n) is 3.92. The maximum Gasteiger partial charge on any atom is 0.291 e. The number of primary amides is 1. The van der Waals surface area contributed by atoms with Crippen LogP contribution < -0.4 is 15.4 Å². The lowest BCUT2D eigenvalue weighted by molar-refractivity contribution is -0.142. The van der Waals surface area contributed by atoms with E-state index in [-0.39, 0.29) is 28.9 Å². The molecule has 5 rings (SSSR count). The van der Waals surface area contributed by atoms with Gasteiger partial charge in [0, 0.05) is 18.3 Å². The predicted molar refractivity (Wildman–Crippen MR) is 123 cm³/mol. The summed E-state index contributed by atoms with van der Waals surface area (Å²) >= 11 is 0.677. The zero-order valence-electron chi connectivity index (χ0n) is 18.9.